The summed E-state index contributed by atoms with van der Waals surface area (Å²) in [4.78, 5) is 45.2. The molecule has 1 aromatic heterocycles. The summed E-state index contributed by atoms with van der Waals surface area (Å²) in [6, 6.07) is 20.4. The number of nitrogens with zero attached hydrogens (tertiary/aromatic N) is 6. The molecule has 204 valence electrons. The highest BCUT2D eigenvalue weighted by Crippen LogP contribution is 2.31. The van der Waals surface area contributed by atoms with Crippen LogP contribution in [0.4, 0.5) is 0 Å². The van der Waals surface area contributed by atoms with E-state index in [9.17, 15) is 14.4 Å². The zero-order chi connectivity index (χ0) is 27.6. The third kappa shape index (κ3) is 4.87. The number of imide groups is 1. The van der Waals surface area contributed by atoms with Crippen molar-refractivity contribution in [2.24, 2.45) is 0 Å². The van der Waals surface area contributed by atoms with E-state index >= 15 is 0 Å². The maximum atomic E-state index is 13.5. The number of carbonyl (C=O) groups excluding carboxylic acids is 3. The molecule has 0 atom stereocenters. The fourth-order valence-corrected chi connectivity index (χ4v) is 6.15. The summed E-state index contributed by atoms with van der Waals surface area (Å²) in [5, 5.41) is 19.9. The monoisotopic (exact) mass is 556 g/mol. The maximum Gasteiger partial charge on any atom is 0.261 e. The van der Waals surface area contributed by atoms with Gasteiger partial charge < -0.3 is 10.0 Å². The van der Waals surface area contributed by atoms with Crippen molar-refractivity contribution >= 4 is 40.3 Å². The molecule has 6 rings (SSSR count). The second kappa shape index (κ2) is 11.2. The first kappa shape index (κ1) is 26.2. The van der Waals surface area contributed by atoms with Gasteiger partial charge in [0.1, 0.15) is 0 Å². The van der Waals surface area contributed by atoms with Crippen LogP contribution in [0.25, 0.3) is 16.5 Å². The smallest absolute Gasteiger partial charge is 0.261 e. The van der Waals surface area contributed by atoms with Crippen molar-refractivity contribution in [2.45, 2.75) is 11.7 Å². The van der Waals surface area contributed by atoms with Gasteiger partial charge in [0.25, 0.3) is 11.8 Å². The highest BCUT2D eigenvalue weighted by Gasteiger charge is 2.34. The third-order valence-corrected chi connectivity index (χ3v) is 8.25. The predicted octanol–water partition coefficient (Wildman–Crippen LogP) is 2.45. The number of piperazine rings is 1. The standard InChI is InChI=1S/C29H28N6O4S/c36-17-16-32-12-14-33(15-13-32)25(37)19-40-29-31-30-24(35(29)21-8-2-1-3-9-21)18-34-27(38)22-10-4-6-20-7-5-11-23(26(20)22)28(34)39/h1-11,36H,12-19H2. The first-order valence-electron chi connectivity index (χ1n) is 13.2. The highest BCUT2D eigenvalue weighted by molar-refractivity contribution is 7.99. The number of rotatable bonds is 8. The van der Waals surface area contributed by atoms with Gasteiger partial charge in [0.05, 0.1) is 18.9 Å². The van der Waals surface area contributed by atoms with E-state index in [4.69, 9.17) is 5.11 Å². The minimum atomic E-state index is -0.373. The zero-order valence-corrected chi connectivity index (χ0v) is 22.6. The minimum Gasteiger partial charge on any atom is -0.395 e. The molecule has 2 aliphatic heterocycles. The number of hydrogen-bond donors (Lipinski definition) is 1. The lowest BCUT2D eigenvalue weighted by Crippen LogP contribution is -2.49. The topological polar surface area (TPSA) is 112 Å². The van der Waals surface area contributed by atoms with Crippen molar-refractivity contribution in [1.82, 2.24) is 29.5 Å². The van der Waals surface area contributed by atoms with Gasteiger partial charge in [-0.2, -0.15) is 0 Å². The second-order valence-electron chi connectivity index (χ2n) is 9.71. The van der Waals surface area contributed by atoms with Gasteiger partial charge >= 0.3 is 0 Å². The number of aliphatic hydroxyl groups excluding tert-OH is 1. The number of carbonyl (C=O) groups is 3. The van der Waals surface area contributed by atoms with Gasteiger partial charge in [0.15, 0.2) is 11.0 Å². The SMILES string of the molecule is O=C(CSc1nnc(CN2C(=O)c3cccc4cccc(c34)C2=O)n1-c1ccccc1)N1CCN(CCO)CC1. The zero-order valence-electron chi connectivity index (χ0n) is 21.8. The molecule has 1 N–H and O–H groups in total. The number of benzene rings is 3. The lowest BCUT2D eigenvalue weighted by molar-refractivity contribution is -0.130. The third-order valence-electron chi connectivity index (χ3n) is 7.34. The van der Waals surface area contributed by atoms with E-state index in [0.717, 1.165) is 24.2 Å². The first-order chi connectivity index (χ1) is 19.5. The van der Waals surface area contributed by atoms with Crippen LogP contribution in [0.5, 0.6) is 0 Å². The van der Waals surface area contributed by atoms with E-state index in [1.54, 1.807) is 16.7 Å². The van der Waals surface area contributed by atoms with Crippen LogP contribution in [0, 0.1) is 0 Å². The summed E-state index contributed by atoms with van der Waals surface area (Å²) in [7, 11) is 0. The van der Waals surface area contributed by atoms with Gasteiger partial charge in [-0.15, -0.1) is 10.2 Å². The number of hydrogen-bond acceptors (Lipinski definition) is 8. The van der Waals surface area contributed by atoms with Gasteiger partial charge in [-0.05, 0) is 29.7 Å². The second-order valence-corrected chi connectivity index (χ2v) is 10.7. The molecule has 3 aromatic carbocycles. The van der Waals surface area contributed by atoms with Crippen molar-refractivity contribution in [3.05, 3.63) is 83.7 Å². The largest absolute Gasteiger partial charge is 0.395 e. The Morgan fingerprint density at radius 3 is 2.17 bits per heavy atom. The van der Waals surface area contributed by atoms with Crippen LogP contribution >= 0.6 is 11.8 Å². The lowest BCUT2D eigenvalue weighted by atomic mass is 9.94. The van der Waals surface area contributed by atoms with Crippen LogP contribution in [0.3, 0.4) is 0 Å². The van der Waals surface area contributed by atoms with E-state index in [0.29, 0.717) is 47.1 Å². The summed E-state index contributed by atoms with van der Waals surface area (Å²) in [6.07, 6.45) is 0. The average Bonchev–Trinajstić information content (AvgIpc) is 3.40. The van der Waals surface area contributed by atoms with Crippen molar-refractivity contribution in [1.29, 1.82) is 0 Å². The van der Waals surface area contributed by atoms with Crippen LogP contribution in [0.1, 0.15) is 26.5 Å². The minimum absolute atomic E-state index is 0.00361. The van der Waals surface area contributed by atoms with Gasteiger partial charge in [-0.1, -0.05) is 54.2 Å². The van der Waals surface area contributed by atoms with Gasteiger partial charge in [-0.25, -0.2) is 0 Å². The fraction of sp³-hybridized carbons (Fsp3) is 0.276. The molecule has 0 unspecified atom stereocenters. The molecule has 0 bridgehead atoms. The first-order valence-corrected chi connectivity index (χ1v) is 14.1. The molecule has 10 nitrogen and oxygen atoms in total. The van der Waals surface area contributed by atoms with Crippen molar-refractivity contribution in [2.75, 3.05) is 45.1 Å². The molecule has 1 saturated heterocycles. The quantitative estimate of drug-likeness (QED) is 0.260. The molecule has 3 amide bonds. The Kier molecular flexibility index (Phi) is 7.33. The van der Waals surface area contributed by atoms with Crippen LogP contribution in [-0.4, -0.2) is 97.4 Å². The Balaban J connectivity index is 1.25. The summed E-state index contributed by atoms with van der Waals surface area (Å²) < 4.78 is 1.80. The van der Waals surface area contributed by atoms with Crippen molar-refractivity contribution < 1.29 is 19.5 Å². The molecule has 3 heterocycles. The molecule has 0 radical (unpaired) electrons. The predicted molar refractivity (Wildman–Crippen MR) is 150 cm³/mol. The summed E-state index contributed by atoms with van der Waals surface area (Å²) in [5.74, 6) is -0.138. The van der Waals surface area contributed by atoms with E-state index in [1.807, 2.05) is 59.5 Å². The Morgan fingerprint density at radius 1 is 0.850 bits per heavy atom. The van der Waals surface area contributed by atoms with Crippen molar-refractivity contribution in [3.63, 3.8) is 0 Å². The normalized spacial score (nSPS) is 15.7. The van der Waals surface area contributed by atoms with Gasteiger partial charge in [0, 0.05) is 54.9 Å². The van der Waals surface area contributed by atoms with E-state index < -0.39 is 0 Å². The van der Waals surface area contributed by atoms with E-state index in [2.05, 4.69) is 15.1 Å². The van der Waals surface area contributed by atoms with Crippen molar-refractivity contribution in [3.8, 4) is 5.69 Å². The van der Waals surface area contributed by atoms with E-state index in [-0.39, 0.29) is 36.6 Å². The summed E-state index contributed by atoms with van der Waals surface area (Å²) in [5.41, 5.74) is 1.74. The number of para-hydroxylation sites is 1. The van der Waals surface area contributed by atoms with E-state index in [1.165, 1.54) is 16.7 Å². The van der Waals surface area contributed by atoms with Gasteiger partial charge in [-0.3, -0.25) is 28.8 Å². The Labute approximate surface area is 235 Å². The molecular formula is C29H28N6O4S. The molecule has 40 heavy (non-hydrogen) atoms. The summed E-state index contributed by atoms with van der Waals surface area (Å²) in [6.45, 7) is 3.35. The molecule has 0 aliphatic carbocycles. The molecule has 0 saturated carbocycles. The number of β-amino-alcohol motifs (C(OH)–C–C–N with tert-alkyl or cyclic N) is 1. The molecule has 1 fully saturated rings. The molecule has 11 heteroatoms. The molecule has 2 aliphatic rings. The Hall–Kier alpha value is -4.06. The Bertz CT molecular complexity index is 1530. The van der Waals surface area contributed by atoms with Gasteiger partial charge in [0.2, 0.25) is 5.91 Å². The number of aliphatic hydroxyl groups is 1. The average molecular weight is 557 g/mol. The fourth-order valence-electron chi connectivity index (χ4n) is 5.28. The molecular weight excluding hydrogens is 528 g/mol. The van der Waals surface area contributed by atoms with Crippen LogP contribution < -0.4 is 0 Å². The van der Waals surface area contributed by atoms with Crippen LogP contribution in [0.2, 0.25) is 0 Å². The number of thioether (sulfide) groups is 1. The van der Waals surface area contributed by atoms with Crippen LogP contribution in [0.15, 0.2) is 71.9 Å². The highest BCUT2D eigenvalue weighted by atomic mass is 32.2. The number of amides is 3. The Morgan fingerprint density at radius 2 is 1.52 bits per heavy atom. The molecule has 4 aromatic rings. The number of aromatic nitrogens is 3. The van der Waals surface area contributed by atoms with Crippen LogP contribution in [-0.2, 0) is 11.3 Å². The summed E-state index contributed by atoms with van der Waals surface area (Å²) >= 11 is 1.28. The maximum absolute atomic E-state index is 13.5. The molecule has 0 spiro atoms. The lowest BCUT2D eigenvalue weighted by Gasteiger charge is -2.34.